The van der Waals surface area contributed by atoms with Gasteiger partial charge >= 0.3 is 5.97 Å². The number of esters is 1. The Bertz CT molecular complexity index is 943. The molecule has 6 heteroatoms. The summed E-state index contributed by atoms with van der Waals surface area (Å²) in [5.74, 6) is -1.41. The van der Waals surface area contributed by atoms with Crippen LogP contribution in [0.1, 0.15) is 27.8 Å². The summed E-state index contributed by atoms with van der Waals surface area (Å²) < 4.78 is 10.5. The number of amides is 1. The number of rotatable bonds is 5. The van der Waals surface area contributed by atoms with Gasteiger partial charge in [-0.25, -0.2) is 4.79 Å². The Balaban J connectivity index is 1.73. The zero-order valence-electron chi connectivity index (χ0n) is 13.4. The Morgan fingerprint density at radius 2 is 1.68 bits per heavy atom. The molecule has 1 amide bonds. The van der Waals surface area contributed by atoms with Gasteiger partial charge in [0.2, 0.25) is 0 Å². The Kier molecular flexibility index (Phi) is 4.61. The van der Waals surface area contributed by atoms with Crippen molar-refractivity contribution < 1.29 is 23.5 Å². The molecule has 0 atom stereocenters. The van der Waals surface area contributed by atoms with Crippen LogP contribution in [0.4, 0.5) is 5.69 Å². The fourth-order valence-electron chi connectivity index (χ4n) is 2.38. The van der Waals surface area contributed by atoms with Crippen LogP contribution >= 0.6 is 0 Å². The Morgan fingerprint density at radius 1 is 1.00 bits per heavy atom. The molecule has 1 aromatic heterocycles. The molecule has 3 rings (SSSR count). The fourth-order valence-corrected chi connectivity index (χ4v) is 2.38. The van der Waals surface area contributed by atoms with Gasteiger partial charge in [0, 0.05) is 12.3 Å². The molecule has 126 valence electrons. The third-order valence-corrected chi connectivity index (χ3v) is 3.52. The third-order valence-electron chi connectivity index (χ3n) is 3.52. The number of ketones is 1. The third kappa shape index (κ3) is 3.58. The standard InChI is InChI=1S/C19H15NO5/c1-12(21)18-17(14-9-5-6-10-15(14)25-18)20-16(22)11-24-19(23)13-7-3-2-4-8-13/h2-10H,11H2,1H3,(H,20,22). The maximum atomic E-state index is 12.1. The molecule has 6 nitrogen and oxygen atoms in total. The largest absolute Gasteiger partial charge is 0.452 e. The van der Waals surface area contributed by atoms with E-state index in [1.807, 2.05) is 0 Å². The van der Waals surface area contributed by atoms with E-state index >= 15 is 0 Å². The van der Waals surface area contributed by atoms with E-state index < -0.39 is 18.5 Å². The molecule has 1 heterocycles. The van der Waals surface area contributed by atoms with Gasteiger partial charge in [0.05, 0.1) is 11.3 Å². The van der Waals surface area contributed by atoms with Crippen molar-refractivity contribution in [2.75, 3.05) is 11.9 Å². The molecule has 0 aliphatic carbocycles. The van der Waals surface area contributed by atoms with Crippen LogP contribution in [0.3, 0.4) is 0 Å². The van der Waals surface area contributed by atoms with E-state index in [0.717, 1.165) is 0 Å². The predicted octanol–water partition coefficient (Wildman–Crippen LogP) is 3.43. The Morgan fingerprint density at radius 3 is 2.40 bits per heavy atom. The first kappa shape index (κ1) is 16.4. The number of furan rings is 1. The number of ether oxygens (including phenoxy) is 1. The first-order valence-electron chi connectivity index (χ1n) is 7.61. The summed E-state index contributed by atoms with van der Waals surface area (Å²) in [6.07, 6.45) is 0. The van der Waals surface area contributed by atoms with Crippen molar-refractivity contribution in [3.05, 3.63) is 65.9 Å². The number of para-hydroxylation sites is 1. The minimum absolute atomic E-state index is 0.0592. The number of nitrogens with one attached hydrogen (secondary N) is 1. The number of Topliss-reactive ketones (excluding diaryl/α,β-unsaturated/α-hetero) is 1. The van der Waals surface area contributed by atoms with E-state index in [1.54, 1.807) is 54.6 Å². The molecule has 0 saturated carbocycles. The SMILES string of the molecule is CC(=O)c1oc2ccccc2c1NC(=O)COC(=O)c1ccccc1. The smallest absolute Gasteiger partial charge is 0.338 e. The second-order valence-electron chi connectivity index (χ2n) is 5.35. The molecule has 25 heavy (non-hydrogen) atoms. The van der Waals surface area contributed by atoms with Crippen LogP contribution in [0, 0.1) is 0 Å². The lowest BCUT2D eigenvalue weighted by atomic mass is 10.2. The van der Waals surface area contributed by atoms with Gasteiger partial charge in [0.15, 0.2) is 18.2 Å². The number of hydrogen-bond donors (Lipinski definition) is 1. The molecule has 2 aromatic carbocycles. The van der Waals surface area contributed by atoms with E-state index in [2.05, 4.69) is 5.32 Å². The minimum Gasteiger partial charge on any atom is -0.452 e. The average molecular weight is 337 g/mol. The lowest BCUT2D eigenvalue weighted by Crippen LogP contribution is -2.21. The van der Waals surface area contributed by atoms with Gasteiger partial charge in [0.25, 0.3) is 5.91 Å². The van der Waals surface area contributed by atoms with E-state index in [9.17, 15) is 14.4 Å². The van der Waals surface area contributed by atoms with Gasteiger partial charge in [0.1, 0.15) is 5.58 Å². The fraction of sp³-hybridized carbons (Fsp3) is 0.105. The molecule has 0 saturated heterocycles. The second-order valence-corrected chi connectivity index (χ2v) is 5.35. The number of benzene rings is 2. The molecular weight excluding hydrogens is 322 g/mol. The highest BCUT2D eigenvalue weighted by Gasteiger charge is 2.20. The highest BCUT2D eigenvalue weighted by atomic mass is 16.5. The summed E-state index contributed by atoms with van der Waals surface area (Å²) in [6, 6.07) is 15.3. The van der Waals surface area contributed by atoms with Gasteiger partial charge in [-0.1, -0.05) is 30.3 Å². The van der Waals surface area contributed by atoms with Gasteiger partial charge in [-0.05, 0) is 24.3 Å². The van der Waals surface area contributed by atoms with Gasteiger partial charge in [-0.15, -0.1) is 0 Å². The van der Waals surface area contributed by atoms with Crippen LogP contribution in [0.5, 0.6) is 0 Å². The number of carbonyl (C=O) groups is 3. The molecule has 0 radical (unpaired) electrons. The number of carbonyl (C=O) groups excluding carboxylic acids is 3. The first-order chi connectivity index (χ1) is 12.1. The van der Waals surface area contributed by atoms with Crippen LogP contribution in [-0.4, -0.2) is 24.3 Å². The maximum Gasteiger partial charge on any atom is 0.338 e. The van der Waals surface area contributed by atoms with E-state index in [-0.39, 0.29) is 17.2 Å². The monoisotopic (exact) mass is 337 g/mol. The summed E-state index contributed by atoms with van der Waals surface area (Å²) in [7, 11) is 0. The summed E-state index contributed by atoms with van der Waals surface area (Å²) in [6.45, 7) is 0.882. The minimum atomic E-state index is -0.598. The van der Waals surface area contributed by atoms with Crippen molar-refractivity contribution in [3.63, 3.8) is 0 Å². The molecular formula is C19H15NO5. The highest BCUT2D eigenvalue weighted by Crippen LogP contribution is 2.31. The van der Waals surface area contributed by atoms with Crippen molar-refractivity contribution in [1.29, 1.82) is 0 Å². The summed E-state index contributed by atoms with van der Waals surface area (Å²) >= 11 is 0. The summed E-state index contributed by atoms with van der Waals surface area (Å²) in [5.41, 5.74) is 1.13. The van der Waals surface area contributed by atoms with Gasteiger partial charge in [-0.2, -0.15) is 0 Å². The highest BCUT2D eigenvalue weighted by molar-refractivity contribution is 6.11. The van der Waals surface area contributed by atoms with Crippen molar-refractivity contribution in [3.8, 4) is 0 Å². The van der Waals surface area contributed by atoms with Gasteiger partial charge < -0.3 is 14.5 Å². The molecule has 0 aliphatic rings. The number of anilines is 1. The number of hydrogen-bond acceptors (Lipinski definition) is 5. The molecule has 0 aliphatic heterocycles. The Hall–Kier alpha value is -3.41. The normalized spacial score (nSPS) is 10.4. The second kappa shape index (κ2) is 7.00. The van der Waals surface area contributed by atoms with E-state index in [1.165, 1.54) is 6.92 Å². The van der Waals surface area contributed by atoms with Crippen LogP contribution in [0.15, 0.2) is 59.0 Å². The zero-order valence-corrected chi connectivity index (χ0v) is 13.4. The average Bonchev–Trinajstić information content (AvgIpc) is 2.99. The maximum absolute atomic E-state index is 12.1. The van der Waals surface area contributed by atoms with E-state index in [0.29, 0.717) is 16.5 Å². The molecule has 0 bridgehead atoms. The summed E-state index contributed by atoms with van der Waals surface area (Å²) in [5, 5.41) is 3.20. The molecule has 3 aromatic rings. The molecule has 0 fully saturated rings. The lowest BCUT2D eigenvalue weighted by Gasteiger charge is -2.06. The van der Waals surface area contributed by atoms with Crippen molar-refractivity contribution in [1.82, 2.24) is 0 Å². The van der Waals surface area contributed by atoms with Crippen LogP contribution in [-0.2, 0) is 9.53 Å². The van der Waals surface area contributed by atoms with Crippen LogP contribution in [0.25, 0.3) is 11.0 Å². The molecule has 0 spiro atoms. The zero-order chi connectivity index (χ0) is 17.8. The van der Waals surface area contributed by atoms with Crippen LogP contribution < -0.4 is 5.32 Å². The predicted molar refractivity (Wildman–Crippen MR) is 91.6 cm³/mol. The van der Waals surface area contributed by atoms with Crippen LogP contribution in [0.2, 0.25) is 0 Å². The topological polar surface area (TPSA) is 85.6 Å². The summed E-state index contributed by atoms with van der Waals surface area (Å²) in [4.78, 5) is 35.7. The van der Waals surface area contributed by atoms with Gasteiger partial charge in [-0.3, -0.25) is 9.59 Å². The quantitative estimate of drug-likeness (QED) is 0.569. The van der Waals surface area contributed by atoms with Crippen molar-refractivity contribution in [2.45, 2.75) is 6.92 Å². The lowest BCUT2D eigenvalue weighted by molar-refractivity contribution is -0.119. The molecule has 1 N–H and O–H groups in total. The first-order valence-corrected chi connectivity index (χ1v) is 7.61. The van der Waals surface area contributed by atoms with Crippen molar-refractivity contribution >= 4 is 34.3 Å². The number of fused-ring (bicyclic) bond motifs is 1. The van der Waals surface area contributed by atoms with Crippen molar-refractivity contribution in [2.24, 2.45) is 0 Å². The van der Waals surface area contributed by atoms with E-state index in [4.69, 9.17) is 9.15 Å². The molecule has 0 unspecified atom stereocenters. The Labute approximate surface area is 143 Å².